The van der Waals surface area contributed by atoms with Crippen LogP contribution in [0.25, 0.3) is 11.3 Å². The first-order valence-corrected chi connectivity index (χ1v) is 6.54. The molecule has 1 heterocycles. The van der Waals surface area contributed by atoms with E-state index in [0.29, 0.717) is 6.54 Å². The Morgan fingerprint density at radius 2 is 2.28 bits per heavy atom. The van der Waals surface area contributed by atoms with Gasteiger partial charge in [0, 0.05) is 22.5 Å². The average molecular weight is 310 g/mol. The number of ether oxygens (including phenoxy) is 1. The molecule has 0 aliphatic rings. The predicted molar refractivity (Wildman–Crippen MR) is 75.7 cm³/mol. The number of halogens is 1. The minimum atomic E-state index is 0.219. The molecule has 5 heteroatoms. The first-order chi connectivity index (χ1) is 8.65. The molecule has 1 atom stereocenters. The number of nitrogens with zero attached hydrogens (tertiary/aromatic N) is 1. The summed E-state index contributed by atoms with van der Waals surface area (Å²) in [5.74, 6) is 1.93. The highest BCUT2D eigenvalue weighted by Gasteiger charge is 2.12. The normalized spacial score (nSPS) is 12.4. The minimum absolute atomic E-state index is 0.219. The first-order valence-electron chi connectivity index (χ1n) is 5.74. The van der Waals surface area contributed by atoms with Crippen LogP contribution in [0.1, 0.15) is 18.7 Å². The number of aromatic nitrogens is 2. The van der Waals surface area contributed by atoms with Gasteiger partial charge < -0.3 is 15.5 Å². The van der Waals surface area contributed by atoms with Crippen molar-refractivity contribution in [2.24, 2.45) is 5.73 Å². The number of methoxy groups -OCH3 is 1. The third-order valence-electron chi connectivity index (χ3n) is 2.87. The summed E-state index contributed by atoms with van der Waals surface area (Å²) in [5, 5.41) is 0. The van der Waals surface area contributed by atoms with Crippen LogP contribution in [-0.2, 0) is 0 Å². The van der Waals surface area contributed by atoms with Gasteiger partial charge >= 0.3 is 0 Å². The summed E-state index contributed by atoms with van der Waals surface area (Å²) in [5.41, 5.74) is 7.56. The fraction of sp³-hybridized carbons (Fsp3) is 0.308. The zero-order chi connectivity index (χ0) is 13.1. The van der Waals surface area contributed by atoms with Crippen LogP contribution < -0.4 is 10.5 Å². The Hall–Kier alpha value is -1.33. The number of H-pyrrole nitrogens is 1. The van der Waals surface area contributed by atoms with Crippen molar-refractivity contribution in [3.05, 3.63) is 34.7 Å². The van der Waals surface area contributed by atoms with E-state index in [-0.39, 0.29) is 5.92 Å². The van der Waals surface area contributed by atoms with Crippen molar-refractivity contribution >= 4 is 15.9 Å². The number of nitrogens with two attached hydrogens (primary N) is 1. The van der Waals surface area contributed by atoms with E-state index < -0.39 is 0 Å². The maximum absolute atomic E-state index is 5.64. The fourth-order valence-electron chi connectivity index (χ4n) is 1.73. The monoisotopic (exact) mass is 309 g/mol. The number of benzene rings is 1. The second kappa shape index (κ2) is 5.54. The SMILES string of the molecule is COc1ccc(Br)cc1-c1cnc(C(C)CN)[nH]1. The molecule has 1 aromatic heterocycles. The van der Waals surface area contributed by atoms with Crippen LogP contribution in [0.4, 0.5) is 0 Å². The summed E-state index contributed by atoms with van der Waals surface area (Å²) < 4.78 is 6.36. The molecule has 0 radical (unpaired) electrons. The second-order valence-corrected chi connectivity index (χ2v) is 5.08. The number of rotatable bonds is 4. The molecule has 18 heavy (non-hydrogen) atoms. The lowest BCUT2D eigenvalue weighted by atomic mass is 10.1. The van der Waals surface area contributed by atoms with E-state index in [1.54, 1.807) is 7.11 Å². The highest BCUT2D eigenvalue weighted by molar-refractivity contribution is 9.10. The molecule has 0 amide bonds. The Balaban J connectivity index is 2.42. The van der Waals surface area contributed by atoms with E-state index in [4.69, 9.17) is 10.5 Å². The van der Waals surface area contributed by atoms with Gasteiger partial charge in [0.2, 0.25) is 0 Å². The van der Waals surface area contributed by atoms with Crippen LogP contribution in [0.2, 0.25) is 0 Å². The van der Waals surface area contributed by atoms with Gasteiger partial charge in [0.25, 0.3) is 0 Å². The number of nitrogens with one attached hydrogen (secondary N) is 1. The van der Waals surface area contributed by atoms with Crippen LogP contribution in [0, 0.1) is 0 Å². The Morgan fingerprint density at radius 3 is 2.94 bits per heavy atom. The lowest BCUT2D eigenvalue weighted by Crippen LogP contribution is -2.10. The summed E-state index contributed by atoms with van der Waals surface area (Å²) in [7, 11) is 1.66. The van der Waals surface area contributed by atoms with E-state index >= 15 is 0 Å². The van der Waals surface area contributed by atoms with Gasteiger partial charge in [-0.1, -0.05) is 22.9 Å². The van der Waals surface area contributed by atoms with Crippen LogP contribution in [0.3, 0.4) is 0 Å². The molecule has 96 valence electrons. The van der Waals surface area contributed by atoms with Crippen molar-refractivity contribution < 1.29 is 4.74 Å². The van der Waals surface area contributed by atoms with Gasteiger partial charge in [-0.25, -0.2) is 4.98 Å². The van der Waals surface area contributed by atoms with Crippen LogP contribution in [0.5, 0.6) is 5.75 Å². The predicted octanol–water partition coefficient (Wildman–Crippen LogP) is 2.91. The maximum atomic E-state index is 5.64. The summed E-state index contributed by atoms with van der Waals surface area (Å²) in [6, 6.07) is 5.87. The van der Waals surface area contributed by atoms with E-state index in [2.05, 4.69) is 25.9 Å². The molecule has 0 aliphatic carbocycles. The highest BCUT2D eigenvalue weighted by atomic mass is 79.9. The van der Waals surface area contributed by atoms with Gasteiger partial charge in [0.1, 0.15) is 11.6 Å². The average Bonchev–Trinajstić information content (AvgIpc) is 2.87. The van der Waals surface area contributed by atoms with Crippen LogP contribution in [-0.4, -0.2) is 23.6 Å². The minimum Gasteiger partial charge on any atom is -0.496 e. The van der Waals surface area contributed by atoms with Crippen LogP contribution >= 0.6 is 15.9 Å². The molecule has 2 rings (SSSR count). The summed E-state index contributed by atoms with van der Waals surface area (Å²) in [6.45, 7) is 2.61. The van der Waals surface area contributed by atoms with E-state index in [1.165, 1.54) is 0 Å². The van der Waals surface area contributed by atoms with Gasteiger partial charge in [-0.15, -0.1) is 0 Å². The van der Waals surface area contributed by atoms with Crippen molar-refractivity contribution in [3.63, 3.8) is 0 Å². The summed E-state index contributed by atoms with van der Waals surface area (Å²) in [4.78, 5) is 7.65. The van der Waals surface area contributed by atoms with Crippen molar-refractivity contribution in [1.82, 2.24) is 9.97 Å². The summed E-state index contributed by atoms with van der Waals surface area (Å²) >= 11 is 3.46. The lowest BCUT2D eigenvalue weighted by molar-refractivity contribution is 0.416. The Bertz CT molecular complexity index is 539. The molecule has 1 aromatic carbocycles. The Morgan fingerprint density at radius 1 is 1.50 bits per heavy atom. The molecule has 0 aliphatic heterocycles. The largest absolute Gasteiger partial charge is 0.496 e. The zero-order valence-corrected chi connectivity index (χ0v) is 12.0. The molecule has 0 fully saturated rings. The van der Waals surface area contributed by atoms with Crippen molar-refractivity contribution in [2.75, 3.05) is 13.7 Å². The van der Waals surface area contributed by atoms with Gasteiger partial charge in [0.15, 0.2) is 0 Å². The smallest absolute Gasteiger partial charge is 0.128 e. The fourth-order valence-corrected chi connectivity index (χ4v) is 2.09. The number of aromatic amines is 1. The standard InChI is InChI=1S/C13H16BrN3O/c1-8(6-15)13-16-7-11(17-13)10-5-9(14)3-4-12(10)18-2/h3-5,7-8H,6,15H2,1-2H3,(H,16,17). The second-order valence-electron chi connectivity index (χ2n) is 4.16. The number of hydrogen-bond acceptors (Lipinski definition) is 3. The quantitative estimate of drug-likeness (QED) is 0.912. The van der Waals surface area contributed by atoms with Crippen molar-refractivity contribution in [3.8, 4) is 17.0 Å². The number of hydrogen-bond donors (Lipinski definition) is 2. The van der Waals surface area contributed by atoms with E-state index in [1.807, 2.05) is 31.3 Å². The summed E-state index contributed by atoms with van der Waals surface area (Å²) in [6.07, 6.45) is 1.81. The zero-order valence-electron chi connectivity index (χ0n) is 10.4. The van der Waals surface area contributed by atoms with Crippen molar-refractivity contribution in [1.29, 1.82) is 0 Å². The maximum Gasteiger partial charge on any atom is 0.128 e. The molecular formula is C13H16BrN3O. The van der Waals surface area contributed by atoms with E-state index in [0.717, 1.165) is 27.3 Å². The number of imidazole rings is 1. The Labute approximate surface area is 115 Å². The van der Waals surface area contributed by atoms with Crippen molar-refractivity contribution in [2.45, 2.75) is 12.8 Å². The topological polar surface area (TPSA) is 63.9 Å². The van der Waals surface area contributed by atoms with Gasteiger partial charge in [-0.3, -0.25) is 0 Å². The molecule has 3 N–H and O–H groups in total. The highest BCUT2D eigenvalue weighted by Crippen LogP contribution is 2.32. The molecule has 1 unspecified atom stereocenters. The van der Waals surface area contributed by atoms with E-state index in [9.17, 15) is 0 Å². The lowest BCUT2D eigenvalue weighted by Gasteiger charge is -2.07. The molecule has 0 spiro atoms. The third kappa shape index (κ3) is 2.57. The molecule has 4 nitrogen and oxygen atoms in total. The molecular weight excluding hydrogens is 294 g/mol. The Kier molecular flexibility index (Phi) is 4.04. The van der Waals surface area contributed by atoms with Gasteiger partial charge in [-0.2, -0.15) is 0 Å². The molecule has 0 bridgehead atoms. The molecule has 2 aromatic rings. The van der Waals surface area contributed by atoms with Crippen LogP contribution in [0.15, 0.2) is 28.9 Å². The molecule has 0 saturated carbocycles. The third-order valence-corrected chi connectivity index (χ3v) is 3.36. The first kappa shape index (κ1) is 13.1. The molecule has 0 saturated heterocycles. The van der Waals surface area contributed by atoms with Gasteiger partial charge in [-0.05, 0) is 18.2 Å². The van der Waals surface area contributed by atoms with Gasteiger partial charge in [0.05, 0.1) is 19.0 Å².